The van der Waals surface area contributed by atoms with Gasteiger partial charge in [-0.3, -0.25) is 14.4 Å². The molecule has 2 N–H and O–H groups in total. The van der Waals surface area contributed by atoms with Crippen LogP contribution < -0.4 is 10.6 Å². The third kappa shape index (κ3) is 5.22. The minimum atomic E-state index is -0.493. The maximum Gasteiger partial charge on any atom is 0.272 e. The van der Waals surface area contributed by atoms with Crippen LogP contribution in [-0.2, 0) is 4.79 Å². The number of hydrogen-bond acceptors (Lipinski definition) is 3. The van der Waals surface area contributed by atoms with E-state index in [0.29, 0.717) is 16.8 Å². The molecule has 0 aliphatic carbocycles. The monoisotopic (exact) mass is 434 g/mol. The molecule has 4 rings (SSSR count). The summed E-state index contributed by atoms with van der Waals surface area (Å²) in [6.07, 6.45) is 1.66. The van der Waals surface area contributed by atoms with Crippen LogP contribution in [0.5, 0.6) is 0 Å². The Morgan fingerprint density at radius 3 is 2.18 bits per heavy atom. The summed E-state index contributed by atoms with van der Waals surface area (Å²) in [4.78, 5) is 37.8. The molecule has 0 bridgehead atoms. The van der Waals surface area contributed by atoms with Gasteiger partial charge in [-0.25, -0.2) is 0 Å². The van der Waals surface area contributed by atoms with Crippen LogP contribution in [0.15, 0.2) is 103 Å². The SMILES string of the molecule is CC(=O)c1cccc(NC(=O)C(=Cc2cccc3ccccc23)NC(=O)c2ccccc2)c1. The number of ketones is 1. The number of hydrogen-bond donors (Lipinski definition) is 2. The van der Waals surface area contributed by atoms with E-state index in [2.05, 4.69) is 10.6 Å². The standard InChI is InChI=1S/C28H22N2O3/c1-19(31)22-13-8-15-24(17-22)29-28(33)26(30-27(32)21-10-3-2-4-11-21)18-23-14-7-12-20-9-5-6-16-25(20)23/h2-18H,1H3,(H,29,33)(H,30,32). The summed E-state index contributed by atoms with van der Waals surface area (Å²) < 4.78 is 0. The number of fused-ring (bicyclic) bond motifs is 1. The highest BCUT2D eigenvalue weighted by atomic mass is 16.2. The van der Waals surface area contributed by atoms with Crippen molar-refractivity contribution in [3.8, 4) is 0 Å². The Balaban J connectivity index is 1.71. The fourth-order valence-electron chi connectivity index (χ4n) is 3.49. The van der Waals surface area contributed by atoms with Gasteiger partial charge in [0.1, 0.15) is 5.70 Å². The van der Waals surface area contributed by atoms with Crippen molar-refractivity contribution in [3.63, 3.8) is 0 Å². The molecular weight excluding hydrogens is 412 g/mol. The predicted octanol–water partition coefficient (Wildman–Crippen LogP) is 5.45. The molecule has 0 radical (unpaired) electrons. The summed E-state index contributed by atoms with van der Waals surface area (Å²) in [5, 5.41) is 7.51. The van der Waals surface area contributed by atoms with Crippen molar-refractivity contribution in [1.29, 1.82) is 0 Å². The maximum atomic E-state index is 13.2. The van der Waals surface area contributed by atoms with Crippen LogP contribution in [0.3, 0.4) is 0 Å². The number of amides is 2. The first kappa shape index (κ1) is 21.7. The van der Waals surface area contributed by atoms with Gasteiger partial charge in [-0.05, 0) is 53.6 Å². The molecule has 5 heteroatoms. The lowest BCUT2D eigenvalue weighted by Crippen LogP contribution is -2.30. The van der Waals surface area contributed by atoms with Crippen LogP contribution in [0.4, 0.5) is 5.69 Å². The molecule has 0 aliphatic rings. The fraction of sp³-hybridized carbons (Fsp3) is 0.0357. The first-order chi connectivity index (χ1) is 16.0. The lowest BCUT2D eigenvalue weighted by atomic mass is 10.0. The first-order valence-corrected chi connectivity index (χ1v) is 10.5. The molecule has 0 saturated carbocycles. The van der Waals surface area contributed by atoms with E-state index in [0.717, 1.165) is 16.3 Å². The Morgan fingerprint density at radius 1 is 0.727 bits per heavy atom. The molecule has 0 spiro atoms. The third-order valence-corrected chi connectivity index (χ3v) is 5.18. The zero-order valence-corrected chi connectivity index (χ0v) is 18.0. The molecule has 2 amide bonds. The second kappa shape index (κ2) is 9.75. The lowest BCUT2D eigenvalue weighted by molar-refractivity contribution is -0.113. The predicted molar refractivity (Wildman–Crippen MR) is 131 cm³/mol. The molecule has 5 nitrogen and oxygen atoms in total. The molecule has 0 fully saturated rings. The Hall–Kier alpha value is -4.51. The zero-order chi connectivity index (χ0) is 23.2. The van der Waals surface area contributed by atoms with Gasteiger partial charge in [0, 0.05) is 16.8 Å². The average molecular weight is 434 g/mol. The fourth-order valence-corrected chi connectivity index (χ4v) is 3.49. The Morgan fingerprint density at radius 2 is 1.39 bits per heavy atom. The van der Waals surface area contributed by atoms with Gasteiger partial charge in [0.05, 0.1) is 0 Å². The average Bonchev–Trinajstić information content (AvgIpc) is 2.84. The lowest BCUT2D eigenvalue weighted by Gasteiger charge is -2.12. The van der Waals surface area contributed by atoms with E-state index in [1.807, 2.05) is 48.5 Å². The number of carbonyl (C=O) groups is 3. The quantitative estimate of drug-likeness (QED) is 0.313. The summed E-state index contributed by atoms with van der Waals surface area (Å²) in [6.45, 7) is 1.47. The molecule has 0 saturated heterocycles. The van der Waals surface area contributed by atoms with Gasteiger partial charge in [0.2, 0.25) is 0 Å². The number of nitrogens with one attached hydrogen (secondary N) is 2. The van der Waals surface area contributed by atoms with Gasteiger partial charge in [0.15, 0.2) is 5.78 Å². The minimum absolute atomic E-state index is 0.0911. The van der Waals surface area contributed by atoms with Crippen molar-refractivity contribution in [2.75, 3.05) is 5.32 Å². The van der Waals surface area contributed by atoms with Crippen LogP contribution in [0.2, 0.25) is 0 Å². The van der Waals surface area contributed by atoms with Crippen molar-refractivity contribution >= 4 is 40.1 Å². The van der Waals surface area contributed by atoms with Gasteiger partial charge < -0.3 is 10.6 Å². The summed E-state index contributed by atoms with van der Waals surface area (Å²) in [5.74, 6) is -0.988. The summed E-state index contributed by atoms with van der Waals surface area (Å²) >= 11 is 0. The summed E-state index contributed by atoms with van der Waals surface area (Å²) in [6, 6.07) is 29.0. The normalized spacial score (nSPS) is 11.1. The maximum absolute atomic E-state index is 13.2. The second-order valence-electron chi connectivity index (χ2n) is 7.54. The summed E-state index contributed by atoms with van der Waals surface area (Å²) in [5.41, 5.74) is 2.27. The number of Topliss-reactive ketones (excluding diaryl/α,β-unsaturated/α-hetero) is 1. The van der Waals surface area contributed by atoms with E-state index >= 15 is 0 Å². The highest BCUT2D eigenvalue weighted by molar-refractivity contribution is 6.12. The molecule has 0 aromatic heterocycles. The van der Waals surface area contributed by atoms with E-state index in [9.17, 15) is 14.4 Å². The summed E-state index contributed by atoms with van der Waals surface area (Å²) in [7, 11) is 0. The van der Waals surface area contributed by atoms with E-state index in [-0.39, 0.29) is 11.5 Å². The minimum Gasteiger partial charge on any atom is -0.321 e. The van der Waals surface area contributed by atoms with Gasteiger partial charge in [0.25, 0.3) is 11.8 Å². The number of anilines is 1. The molecule has 162 valence electrons. The van der Waals surface area contributed by atoms with Gasteiger partial charge in [-0.1, -0.05) is 72.8 Å². The van der Waals surface area contributed by atoms with Crippen molar-refractivity contribution in [3.05, 3.63) is 119 Å². The molecule has 0 atom stereocenters. The van der Waals surface area contributed by atoms with E-state index in [1.54, 1.807) is 54.6 Å². The van der Waals surface area contributed by atoms with Crippen LogP contribution >= 0.6 is 0 Å². The Labute approximate surface area is 191 Å². The van der Waals surface area contributed by atoms with Crippen LogP contribution in [0, 0.1) is 0 Å². The molecular formula is C28H22N2O3. The van der Waals surface area contributed by atoms with Crippen molar-refractivity contribution in [1.82, 2.24) is 5.32 Å². The van der Waals surface area contributed by atoms with Crippen LogP contribution in [0.1, 0.15) is 33.2 Å². The number of rotatable bonds is 6. The molecule has 4 aromatic rings. The zero-order valence-electron chi connectivity index (χ0n) is 18.0. The van der Waals surface area contributed by atoms with Gasteiger partial charge >= 0.3 is 0 Å². The van der Waals surface area contributed by atoms with Gasteiger partial charge in [-0.15, -0.1) is 0 Å². The van der Waals surface area contributed by atoms with Crippen molar-refractivity contribution in [2.24, 2.45) is 0 Å². The van der Waals surface area contributed by atoms with Crippen LogP contribution in [0.25, 0.3) is 16.8 Å². The van der Waals surface area contributed by atoms with E-state index < -0.39 is 11.8 Å². The molecule has 0 unspecified atom stereocenters. The Kier molecular flexibility index (Phi) is 6.41. The number of carbonyl (C=O) groups excluding carboxylic acids is 3. The molecule has 0 heterocycles. The number of benzene rings is 4. The van der Waals surface area contributed by atoms with Gasteiger partial charge in [-0.2, -0.15) is 0 Å². The Bertz CT molecular complexity index is 1370. The third-order valence-electron chi connectivity index (χ3n) is 5.18. The van der Waals surface area contributed by atoms with E-state index in [4.69, 9.17) is 0 Å². The van der Waals surface area contributed by atoms with Crippen molar-refractivity contribution in [2.45, 2.75) is 6.92 Å². The highest BCUT2D eigenvalue weighted by Gasteiger charge is 2.16. The topological polar surface area (TPSA) is 75.3 Å². The van der Waals surface area contributed by atoms with Crippen molar-refractivity contribution < 1.29 is 14.4 Å². The smallest absolute Gasteiger partial charge is 0.272 e. The highest BCUT2D eigenvalue weighted by Crippen LogP contribution is 2.21. The van der Waals surface area contributed by atoms with E-state index in [1.165, 1.54) is 6.92 Å². The molecule has 4 aromatic carbocycles. The largest absolute Gasteiger partial charge is 0.321 e. The first-order valence-electron chi connectivity index (χ1n) is 10.5. The molecule has 0 aliphatic heterocycles. The second-order valence-corrected chi connectivity index (χ2v) is 7.54. The van der Waals surface area contributed by atoms with Crippen LogP contribution in [-0.4, -0.2) is 17.6 Å². The molecule has 33 heavy (non-hydrogen) atoms.